The maximum Gasteiger partial charge on any atom is 0.323 e. The van der Waals surface area contributed by atoms with Crippen LogP contribution in [0.4, 0.5) is 0 Å². The zero-order valence-electron chi connectivity index (χ0n) is 16.2. The van der Waals surface area contributed by atoms with E-state index in [4.69, 9.17) is 4.74 Å². The van der Waals surface area contributed by atoms with Crippen molar-refractivity contribution in [3.05, 3.63) is 69.9 Å². The maximum atomic E-state index is 13.1. The molecule has 1 atom stereocenters. The number of nitrogens with one attached hydrogen (secondary N) is 1. The molecule has 0 amide bonds. The third-order valence-corrected chi connectivity index (χ3v) is 4.89. The van der Waals surface area contributed by atoms with Crippen molar-refractivity contribution >= 4 is 27.5 Å². The van der Waals surface area contributed by atoms with Gasteiger partial charge in [-0.15, -0.1) is 0 Å². The highest BCUT2D eigenvalue weighted by molar-refractivity contribution is 5.96. The number of methoxy groups -OCH3 is 1. The van der Waals surface area contributed by atoms with Gasteiger partial charge in [-0.25, -0.2) is 0 Å². The van der Waals surface area contributed by atoms with Crippen LogP contribution < -0.4 is 10.7 Å². The van der Waals surface area contributed by atoms with Crippen molar-refractivity contribution in [1.29, 1.82) is 5.26 Å². The molecule has 3 aromatic rings. The Kier molecular flexibility index (Phi) is 5.72. The SMILES string of the molecule is COC(=O)C(NCc1ccc2c(C#N)cc3ccccc3c(=O)c2c1)C(C)C. The molecule has 0 aliphatic carbocycles. The van der Waals surface area contributed by atoms with E-state index in [0.29, 0.717) is 28.3 Å². The number of hydrogen-bond donors (Lipinski definition) is 1. The Bertz CT molecular complexity index is 1150. The summed E-state index contributed by atoms with van der Waals surface area (Å²) in [6.07, 6.45) is 0. The van der Waals surface area contributed by atoms with Crippen molar-refractivity contribution in [2.45, 2.75) is 26.4 Å². The predicted octanol–water partition coefficient (Wildman–Crippen LogP) is 3.51. The van der Waals surface area contributed by atoms with Crippen molar-refractivity contribution in [2.24, 2.45) is 5.92 Å². The van der Waals surface area contributed by atoms with Crippen LogP contribution in [0.15, 0.2) is 53.3 Å². The van der Waals surface area contributed by atoms with Crippen LogP contribution in [0.1, 0.15) is 25.0 Å². The van der Waals surface area contributed by atoms with E-state index in [9.17, 15) is 14.9 Å². The van der Waals surface area contributed by atoms with Crippen LogP contribution >= 0.6 is 0 Å². The Hall–Kier alpha value is -3.23. The lowest BCUT2D eigenvalue weighted by Crippen LogP contribution is -2.41. The number of fused-ring (bicyclic) bond motifs is 2. The van der Waals surface area contributed by atoms with Gasteiger partial charge in [0.1, 0.15) is 6.04 Å². The van der Waals surface area contributed by atoms with Crippen molar-refractivity contribution < 1.29 is 9.53 Å². The number of carbonyl (C=O) groups is 1. The average Bonchev–Trinajstić information content (AvgIpc) is 2.82. The van der Waals surface area contributed by atoms with Gasteiger partial charge in [0.15, 0.2) is 5.43 Å². The maximum absolute atomic E-state index is 13.1. The lowest BCUT2D eigenvalue weighted by molar-refractivity contribution is -0.144. The monoisotopic (exact) mass is 374 g/mol. The number of rotatable bonds is 5. The van der Waals surface area contributed by atoms with Crippen molar-refractivity contribution in [3.8, 4) is 6.07 Å². The van der Waals surface area contributed by atoms with Gasteiger partial charge in [0.05, 0.1) is 18.7 Å². The van der Waals surface area contributed by atoms with Crippen LogP contribution in [-0.4, -0.2) is 19.1 Å². The Morgan fingerprint density at radius 3 is 2.54 bits per heavy atom. The highest BCUT2D eigenvalue weighted by Gasteiger charge is 2.22. The molecule has 1 unspecified atom stereocenters. The number of benzene rings is 2. The molecule has 0 aromatic heterocycles. The molecule has 142 valence electrons. The van der Waals surface area contributed by atoms with Gasteiger partial charge in [0.2, 0.25) is 0 Å². The summed E-state index contributed by atoms with van der Waals surface area (Å²) < 4.78 is 4.85. The quantitative estimate of drug-likeness (QED) is 0.692. The third-order valence-electron chi connectivity index (χ3n) is 4.89. The summed E-state index contributed by atoms with van der Waals surface area (Å²) in [5.41, 5.74) is 1.21. The van der Waals surface area contributed by atoms with E-state index in [-0.39, 0.29) is 17.3 Å². The van der Waals surface area contributed by atoms with Gasteiger partial charge in [-0.2, -0.15) is 5.26 Å². The number of nitriles is 1. The number of nitrogens with zero attached hydrogens (tertiary/aromatic N) is 1. The molecule has 0 aliphatic heterocycles. The molecule has 28 heavy (non-hydrogen) atoms. The standard InChI is InChI=1S/C23H22N2O3/c1-14(2)21(23(27)28-3)25-13-15-8-9-18-17(12-24)11-16-6-4-5-7-19(16)22(26)20(18)10-15/h4-11,14,21,25H,13H2,1-3H3. The molecule has 0 saturated carbocycles. The molecule has 0 bridgehead atoms. The summed E-state index contributed by atoms with van der Waals surface area (Å²) in [4.78, 5) is 25.0. The van der Waals surface area contributed by atoms with Gasteiger partial charge < -0.3 is 10.1 Å². The number of carbonyl (C=O) groups excluding carboxylic acids is 1. The minimum absolute atomic E-state index is 0.0647. The van der Waals surface area contributed by atoms with Crippen LogP contribution in [0.25, 0.3) is 21.5 Å². The van der Waals surface area contributed by atoms with Crippen molar-refractivity contribution in [1.82, 2.24) is 5.32 Å². The lowest BCUT2D eigenvalue weighted by atomic mass is 10.0. The summed E-state index contributed by atoms with van der Waals surface area (Å²) in [5, 5.41) is 15.2. The van der Waals surface area contributed by atoms with Gasteiger partial charge >= 0.3 is 5.97 Å². The van der Waals surface area contributed by atoms with Crippen LogP contribution in [0.5, 0.6) is 0 Å². The van der Waals surface area contributed by atoms with Gasteiger partial charge in [-0.1, -0.05) is 50.2 Å². The second-order valence-electron chi connectivity index (χ2n) is 7.09. The Morgan fingerprint density at radius 2 is 1.86 bits per heavy atom. The number of hydrogen-bond acceptors (Lipinski definition) is 5. The van der Waals surface area contributed by atoms with Gasteiger partial charge in [0.25, 0.3) is 0 Å². The van der Waals surface area contributed by atoms with Crippen LogP contribution in [0.2, 0.25) is 0 Å². The summed E-state index contributed by atoms with van der Waals surface area (Å²) in [5.74, 6) is -0.251. The fourth-order valence-corrected chi connectivity index (χ4v) is 3.37. The molecule has 3 aromatic carbocycles. The highest BCUT2D eigenvalue weighted by atomic mass is 16.5. The normalized spacial score (nSPS) is 12.1. The molecular formula is C23H22N2O3. The predicted molar refractivity (Wildman–Crippen MR) is 110 cm³/mol. The zero-order chi connectivity index (χ0) is 20.3. The van der Waals surface area contributed by atoms with E-state index in [0.717, 1.165) is 10.9 Å². The van der Waals surface area contributed by atoms with Crippen LogP contribution in [0.3, 0.4) is 0 Å². The second-order valence-corrected chi connectivity index (χ2v) is 7.09. The largest absolute Gasteiger partial charge is 0.468 e. The summed E-state index contributed by atoms with van der Waals surface area (Å²) in [6.45, 7) is 4.29. The zero-order valence-corrected chi connectivity index (χ0v) is 16.2. The molecule has 0 heterocycles. The molecule has 0 aliphatic rings. The summed E-state index contributed by atoms with van der Waals surface area (Å²) in [6, 6.07) is 16.3. The summed E-state index contributed by atoms with van der Waals surface area (Å²) >= 11 is 0. The number of ether oxygens (including phenoxy) is 1. The second kappa shape index (κ2) is 8.20. The first-order valence-electron chi connectivity index (χ1n) is 9.16. The topological polar surface area (TPSA) is 79.2 Å². The van der Waals surface area contributed by atoms with E-state index in [2.05, 4.69) is 11.4 Å². The highest BCUT2D eigenvalue weighted by Crippen LogP contribution is 2.21. The van der Waals surface area contributed by atoms with E-state index in [1.807, 2.05) is 38.1 Å². The molecule has 0 saturated heterocycles. The third kappa shape index (κ3) is 3.73. The summed E-state index contributed by atoms with van der Waals surface area (Å²) in [7, 11) is 1.37. The van der Waals surface area contributed by atoms with E-state index in [1.54, 1.807) is 24.3 Å². The smallest absolute Gasteiger partial charge is 0.323 e. The average molecular weight is 374 g/mol. The Balaban J connectivity index is 2.10. The van der Waals surface area contributed by atoms with Crippen LogP contribution in [-0.2, 0) is 16.1 Å². The molecule has 1 N–H and O–H groups in total. The molecule has 5 nitrogen and oxygen atoms in total. The molecular weight excluding hydrogens is 352 g/mol. The van der Waals surface area contributed by atoms with Crippen molar-refractivity contribution in [3.63, 3.8) is 0 Å². The molecule has 3 rings (SSSR count). The van der Waals surface area contributed by atoms with Gasteiger partial charge in [-0.3, -0.25) is 9.59 Å². The van der Waals surface area contributed by atoms with Crippen molar-refractivity contribution in [2.75, 3.05) is 7.11 Å². The Labute approximate surface area is 163 Å². The Morgan fingerprint density at radius 1 is 1.11 bits per heavy atom. The van der Waals surface area contributed by atoms with Gasteiger partial charge in [0, 0.05) is 22.7 Å². The minimum Gasteiger partial charge on any atom is -0.468 e. The van der Waals surface area contributed by atoms with Gasteiger partial charge in [-0.05, 0) is 29.0 Å². The van der Waals surface area contributed by atoms with E-state index >= 15 is 0 Å². The fourth-order valence-electron chi connectivity index (χ4n) is 3.37. The van der Waals surface area contributed by atoms with Crippen LogP contribution in [0, 0.1) is 17.2 Å². The van der Waals surface area contributed by atoms with E-state index in [1.165, 1.54) is 7.11 Å². The number of esters is 1. The molecule has 0 fully saturated rings. The first-order valence-corrected chi connectivity index (χ1v) is 9.16. The first-order chi connectivity index (χ1) is 13.5. The van der Waals surface area contributed by atoms with E-state index < -0.39 is 6.04 Å². The minimum atomic E-state index is -0.435. The fraction of sp³-hybridized carbons (Fsp3) is 0.261. The molecule has 0 radical (unpaired) electrons. The first kappa shape index (κ1) is 19.5. The lowest BCUT2D eigenvalue weighted by Gasteiger charge is -2.19. The molecule has 0 spiro atoms. The molecule has 5 heteroatoms.